The second-order valence-electron chi connectivity index (χ2n) is 8.43. The van der Waals surface area contributed by atoms with Gasteiger partial charge < -0.3 is 15.7 Å². The summed E-state index contributed by atoms with van der Waals surface area (Å²) in [6.45, 7) is 0.360. The first-order chi connectivity index (χ1) is 16.3. The number of aromatic nitrogens is 3. The molecule has 10 heteroatoms. The lowest BCUT2D eigenvalue weighted by Crippen LogP contribution is -2.19. The van der Waals surface area contributed by atoms with Gasteiger partial charge in [0.1, 0.15) is 12.1 Å². The average molecular weight is 473 g/mol. The number of nitrogens with one attached hydrogen (secondary N) is 2. The third-order valence-electron chi connectivity index (χ3n) is 6.02. The lowest BCUT2D eigenvalue weighted by atomic mass is 9.91. The number of hydrogen-bond donors (Lipinski definition) is 3. The van der Waals surface area contributed by atoms with E-state index in [1.807, 2.05) is 24.3 Å². The van der Waals surface area contributed by atoms with Crippen molar-refractivity contribution < 1.29 is 23.1 Å². The summed E-state index contributed by atoms with van der Waals surface area (Å²) >= 11 is 0. The van der Waals surface area contributed by atoms with Crippen molar-refractivity contribution >= 4 is 17.3 Å². The number of carboxylic acids is 1. The number of halogens is 3. The molecule has 0 radical (unpaired) electrons. The van der Waals surface area contributed by atoms with Crippen LogP contribution in [0.5, 0.6) is 0 Å². The van der Waals surface area contributed by atoms with E-state index in [0.29, 0.717) is 18.3 Å². The van der Waals surface area contributed by atoms with E-state index in [0.717, 1.165) is 42.3 Å². The first-order valence-electron chi connectivity index (χ1n) is 11.2. The molecule has 2 heterocycles. The van der Waals surface area contributed by atoms with Crippen LogP contribution < -0.4 is 10.6 Å². The zero-order valence-electron chi connectivity index (χ0n) is 18.4. The molecule has 3 aromatic rings. The number of carbonyl (C=O) groups is 1. The fourth-order valence-electron chi connectivity index (χ4n) is 4.28. The fraction of sp³-hybridized carbons (Fsp3) is 0.375. The maximum atomic E-state index is 12.8. The van der Waals surface area contributed by atoms with Gasteiger partial charge in [0.15, 0.2) is 5.69 Å². The molecule has 0 aliphatic heterocycles. The average Bonchev–Trinajstić information content (AvgIpc) is 3.51. The van der Waals surface area contributed by atoms with Crippen LogP contribution in [0.1, 0.15) is 49.4 Å². The van der Waals surface area contributed by atoms with Gasteiger partial charge in [-0.1, -0.05) is 25.0 Å². The zero-order valence-corrected chi connectivity index (χ0v) is 18.4. The highest BCUT2D eigenvalue weighted by Crippen LogP contribution is 2.38. The number of anilines is 2. The highest BCUT2D eigenvalue weighted by atomic mass is 19.4. The van der Waals surface area contributed by atoms with E-state index in [2.05, 4.69) is 20.6 Å². The number of rotatable bonds is 9. The fourth-order valence-corrected chi connectivity index (χ4v) is 4.28. The second-order valence-corrected chi connectivity index (χ2v) is 8.43. The SMILES string of the molecule is O=C(O)CCNc1ccc([C@H](Nc2ccc(-n3cnc(C(F)(F)F)c3)nc2)C2CCCC2)cc1. The molecule has 4 rings (SSSR count). The topological polar surface area (TPSA) is 92.1 Å². The van der Waals surface area contributed by atoms with Gasteiger partial charge in [0.05, 0.1) is 24.3 Å². The molecule has 1 aliphatic carbocycles. The van der Waals surface area contributed by atoms with E-state index in [9.17, 15) is 18.0 Å². The molecule has 1 atom stereocenters. The minimum atomic E-state index is -4.50. The highest BCUT2D eigenvalue weighted by molar-refractivity contribution is 5.67. The Bertz CT molecular complexity index is 1090. The lowest BCUT2D eigenvalue weighted by molar-refractivity contribution is -0.141. The summed E-state index contributed by atoms with van der Waals surface area (Å²) in [5, 5.41) is 15.4. The predicted molar refractivity (Wildman–Crippen MR) is 122 cm³/mol. The van der Waals surface area contributed by atoms with Crippen LogP contribution in [0.4, 0.5) is 24.5 Å². The molecule has 0 saturated heterocycles. The van der Waals surface area contributed by atoms with Crippen molar-refractivity contribution in [3.05, 3.63) is 66.4 Å². The zero-order chi connectivity index (χ0) is 24.1. The molecule has 2 aromatic heterocycles. The van der Waals surface area contributed by atoms with Gasteiger partial charge in [0, 0.05) is 18.4 Å². The normalized spacial score (nSPS) is 15.3. The summed E-state index contributed by atoms with van der Waals surface area (Å²) in [5.74, 6) is -0.0423. The standard InChI is InChI=1S/C24H26F3N5O2/c25-24(26,27)20-14-32(15-30-20)21-10-9-19(13-29-21)31-23(16-3-1-2-4-16)17-5-7-18(8-6-17)28-12-11-22(33)34/h5-10,13-16,23,28,31H,1-4,11-12H2,(H,33,34)/t23-/m1/s1. The summed E-state index contributed by atoms with van der Waals surface area (Å²) in [7, 11) is 0. The Morgan fingerprint density at radius 2 is 1.79 bits per heavy atom. The van der Waals surface area contributed by atoms with Crippen LogP contribution in [0, 0.1) is 5.92 Å². The molecule has 7 nitrogen and oxygen atoms in total. The summed E-state index contributed by atoms with van der Waals surface area (Å²) in [4.78, 5) is 18.4. The van der Waals surface area contributed by atoms with Crippen molar-refractivity contribution in [2.45, 2.75) is 44.3 Å². The monoisotopic (exact) mass is 473 g/mol. The second kappa shape index (κ2) is 10.1. The van der Waals surface area contributed by atoms with Crippen LogP contribution in [-0.2, 0) is 11.0 Å². The van der Waals surface area contributed by atoms with Gasteiger partial charge in [-0.3, -0.25) is 9.36 Å². The highest BCUT2D eigenvalue weighted by Gasteiger charge is 2.33. The molecule has 0 bridgehead atoms. The Balaban J connectivity index is 1.47. The lowest BCUT2D eigenvalue weighted by Gasteiger charge is -2.26. The van der Waals surface area contributed by atoms with Crippen LogP contribution in [-0.4, -0.2) is 32.2 Å². The Labute approximate surface area is 195 Å². The van der Waals surface area contributed by atoms with Crippen molar-refractivity contribution in [1.82, 2.24) is 14.5 Å². The summed E-state index contributed by atoms with van der Waals surface area (Å²) < 4.78 is 39.7. The van der Waals surface area contributed by atoms with E-state index in [1.165, 1.54) is 17.4 Å². The molecule has 1 saturated carbocycles. The smallest absolute Gasteiger partial charge is 0.434 e. The van der Waals surface area contributed by atoms with Gasteiger partial charge in [-0.15, -0.1) is 0 Å². The predicted octanol–water partition coefficient (Wildman–Crippen LogP) is 5.52. The summed E-state index contributed by atoms with van der Waals surface area (Å²) in [5.41, 5.74) is 1.79. The minimum Gasteiger partial charge on any atom is -0.481 e. The van der Waals surface area contributed by atoms with Crippen molar-refractivity contribution in [2.75, 3.05) is 17.2 Å². The minimum absolute atomic E-state index is 0.0492. The first-order valence-corrected chi connectivity index (χ1v) is 11.2. The Hall–Kier alpha value is -3.56. The summed E-state index contributed by atoms with van der Waals surface area (Å²) in [6.07, 6.45) is 3.76. The van der Waals surface area contributed by atoms with E-state index in [4.69, 9.17) is 5.11 Å². The van der Waals surface area contributed by atoms with E-state index < -0.39 is 17.8 Å². The van der Waals surface area contributed by atoms with E-state index in [1.54, 1.807) is 18.3 Å². The van der Waals surface area contributed by atoms with E-state index >= 15 is 0 Å². The Kier molecular flexibility index (Phi) is 7.04. The van der Waals surface area contributed by atoms with Crippen LogP contribution >= 0.6 is 0 Å². The number of aliphatic carboxylic acids is 1. The van der Waals surface area contributed by atoms with Gasteiger partial charge >= 0.3 is 12.1 Å². The molecule has 3 N–H and O–H groups in total. The van der Waals surface area contributed by atoms with Crippen molar-refractivity contribution in [3.63, 3.8) is 0 Å². The number of carboxylic acid groups (broad SMARTS) is 1. The molecule has 0 spiro atoms. The molecular formula is C24H26F3N5O2. The molecule has 1 fully saturated rings. The van der Waals surface area contributed by atoms with Crippen LogP contribution in [0.2, 0.25) is 0 Å². The first kappa shape index (κ1) is 23.6. The third kappa shape index (κ3) is 5.86. The summed E-state index contributed by atoms with van der Waals surface area (Å²) in [6, 6.07) is 11.5. The molecule has 180 valence electrons. The van der Waals surface area contributed by atoms with Gasteiger partial charge in [-0.2, -0.15) is 13.2 Å². The van der Waals surface area contributed by atoms with E-state index in [-0.39, 0.29) is 12.5 Å². The van der Waals surface area contributed by atoms with Gasteiger partial charge in [-0.05, 0) is 48.6 Å². The van der Waals surface area contributed by atoms with Gasteiger partial charge in [0.25, 0.3) is 0 Å². The van der Waals surface area contributed by atoms with Crippen LogP contribution in [0.3, 0.4) is 0 Å². The quantitative estimate of drug-likeness (QED) is 0.379. The maximum Gasteiger partial charge on any atom is 0.434 e. The number of imidazole rings is 1. The number of benzene rings is 1. The van der Waals surface area contributed by atoms with Crippen LogP contribution in [0.25, 0.3) is 5.82 Å². The maximum absolute atomic E-state index is 12.8. The van der Waals surface area contributed by atoms with Crippen LogP contribution in [0.15, 0.2) is 55.1 Å². The number of alkyl halides is 3. The largest absolute Gasteiger partial charge is 0.481 e. The third-order valence-corrected chi connectivity index (χ3v) is 6.02. The molecule has 0 unspecified atom stereocenters. The number of pyridine rings is 1. The van der Waals surface area contributed by atoms with Gasteiger partial charge in [-0.25, -0.2) is 9.97 Å². The molecule has 1 aliphatic rings. The number of nitrogens with zero attached hydrogens (tertiary/aromatic N) is 3. The molecule has 0 amide bonds. The molecule has 34 heavy (non-hydrogen) atoms. The van der Waals surface area contributed by atoms with Crippen molar-refractivity contribution in [3.8, 4) is 5.82 Å². The molecular weight excluding hydrogens is 447 g/mol. The number of hydrogen-bond acceptors (Lipinski definition) is 5. The molecule has 1 aromatic carbocycles. The Morgan fingerprint density at radius 1 is 1.09 bits per heavy atom. The van der Waals surface area contributed by atoms with Crippen molar-refractivity contribution in [2.24, 2.45) is 5.92 Å². The Morgan fingerprint density at radius 3 is 2.38 bits per heavy atom. The van der Waals surface area contributed by atoms with Crippen molar-refractivity contribution in [1.29, 1.82) is 0 Å². The van der Waals surface area contributed by atoms with Gasteiger partial charge in [0.2, 0.25) is 0 Å².